The fraction of sp³-hybridized carbons (Fsp3) is 0.696. The van der Waals surface area contributed by atoms with Gasteiger partial charge in [0.15, 0.2) is 0 Å². The summed E-state index contributed by atoms with van der Waals surface area (Å²) in [5.74, 6) is -2.41. The molecule has 0 aromatic carbocycles. The highest BCUT2D eigenvalue weighted by Gasteiger charge is 2.38. The van der Waals surface area contributed by atoms with Crippen LogP contribution in [0.3, 0.4) is 0 Å². The first-order chi connectivity index (χ1) is 16.6. The van der Waals surface area contributed by atoms with Crippen LogP contribution in [0.1, 0.15) is 58.1 Å². The molecule has 8 N–H and O–H groups in total. The van der Waals surface area contributed by atoms with Crippen molar-refractivity contribution in [2.75, 3.05) is 13.1 Å². The van der Waals surface area contributed by atoms with Gasteiger partial charge in [-0.15, -0.1) is 0 Å². The summed E-state index contributed by atoms with van der Waals surface area (Å²) in [6.45, 7) is 4.65. The van der Waals surface area contributed by atoms with E-state index >= 15 is 0 Å². The van der Waals surface area contributed by atoms with Gasteiger partial charge in [0.1, 0.15) is 18.1 Å². The molecule has 3 amide bonds. The van der Waals surface area contributed by atoms with Crippen molar-refractivity contribution in [2.45, 2.75) is 83.0 Å². The summed E-state index contributed by atoms with van der Waals surface area (Å²) < 4.78 is 0. The summed E-state index contributed by atoms with van der Waals surface area (Å²) in [4.78, 5) is 59.0. The zero-order chi connectivity index (χ0) is 26.0. The molecule has 1 saturated heterocycles. The fourth-order valence-corrected chi connectivity index (χ4v) is 4.23. The van der Waals surface area contributed by atoms with Gasteiger partial charge in [-0.1, -0.05) is 13.8 Å². The van der Waals surface area contributed by atoms with Crippen molar-refractivity contribution in [3.8, 4) is 0 Å². The maximum absolute atomic E-state index is 13.2. The molecule has 0 bridgehead atoms. The average molecular weight is 494 g/mol. The number of likely N-dealkylation sites (tertiary alicyclic amines) is 1. The molecule has 1 aromatic heterocycles. The summed E-state index contributed by atoms with van der Waals surface area (Å²) in [7, 11) is 0. The number of carbonyl (C=O) groups excluding carboxylic acids is 3. The Kier molecular flexibility index (Phi) is 11.1. The molecule has 1 aliphatic heterocycles. The van der Waals surface area contributed by atoms with Crippen molar-refractivity contribution in [3.63, 3.8) is 0 Å². The van der Waals surface area contributed by atoms with Crippen molar-refractivity contribution in [1.29, 1.82) is 0 Å². The summed E-state index contributed by atoms with van der Waals surface area (Å²) in [5, 5.41) is 14.8. The maximum Gasteiger partial charge on any atom is 0.326 e. The standard InChI is InChI=1S/C23H39N7O5/c1-14(2)10-18(20(31)28-17(23(34)35)6-3-4-8-24)29-21(32)19-7-5-9-30(19)22(33)16(25)11-15-12-26-13-27-15/h12-14,16-19H,3-11,24-25H2,1-2H3,(H,26,27)(H,28,31)(H,29,32)(H,34,35). The lowest BCUT2D eigenvalue weighted by atomic mass is 10.0. The number of aromatic amines is 1. The van der Waals surface area contributed by atoms with Crippen LogP contribution in [0.2, 0.25) is 0 Å². The number of carbonyl (C=O) groups is 4. The molecule has 4 atom stereocenters. The molecule has 35 heavy (non-hydrogen) atoms. The lowest BCUT2D eigenvalue weighted by Crippen LogP contribution is -2.57. The van der Waals surface area contributed by atoms with E-state index in [2.05, 4.69) is 20.6 Å². The van der Waals surface area contributed by atoms with Crippen LogP contribution in [0.5, 0.6) is 0 Å². The minimum absolute atomic E-state index is 0.0655. The number of carboxylic acid groups (broad SMARTS) is 1. The fourth-order valence-electron chi connectivity index (χ4n) is 4.23. The van der Waals surface area contributed by atoms with Gasteiger partial charge in [-0.3, -0.25) is 14.4 Å². The number of imidazole rings is 1. The molecule has 1 fully saturated rings. The number of rotatable bonds is 14. The molecule has 2 heterocycles. The SMILES string of the molecule is CC(C)CC(NC(=O)C1CCCN1C(=O)C(N)Cc1cnc[nH]1)C(=O)NC(CCCCN)C(=O)O. The number of carboxylic acids is 1. The average Bonchev–Trinajstić information content (AvgIpc) is 3.49. The van der Waals surface area contributed by atoms with E-state index in [4.69, 9.17) is 11.5 Å². The van der Waals surface area contributed by atoms with E-state index in [0.717, 1.165) is 5.69 Å². The third-order valence-electron chi connectivity index (χ3n) is 6.05. The van der Waals surface area contributed by atoms with Gasteiger partial charge in [0, 0.05) is 24.9 Å². The summed E-state index contributed by atoms with van der Waals surface area (Å²) in [6, 6.07) is -3.55. The van der Waals surface area contributed by atoms with E-state index in [1.807, 2.05) is 13.8 Å². The minimum Gasteiger partial charge on any atom is -0.480 e. The van der Waals surface area contributed by atoms with Crippen LogP contribution in [-0.2, 0) is 25.6 Å². The number of hydrogen-bond donors (Lipinski definition) is 6. The molecule has 1 aliphatic rings. The Balaban J connectivity index is 2.04. The van der Waals surface area contributed by atoms with Gasteiger partial charge in [-0.05, 0) is 51.0 Å². The van der Waals surface area contributed by atoms with Crippen LogP contribution in [0.15, 0.2) is 12.5 Å². The smallest absolute Gasteiger partial charge is 0.326 e. The molecule has 0 radical (unpaired) electrons. The van der Waals surface area contributed by atoms with Crippen LogP contribution < -0.4 is 22.1 Å². The highest BCUT2D eigenvalue weighted by molar-refractivity contribution is 5.94. The number of nitrogens with two attached hydrogens (primary N) is 2. The minimum atomic E-state index is -1.14. The third-order valence-corrected chi connectivity index (χ3v) is 6.05. The molecule has 0 spiro atoms. The zero-order valence-electron chi connectivity index (χ0n) is 20.5. The predicted octanol–water partition coefficient (Wildman–Crippen LogP) is -0.500. The molecule has 4 unspecified atom stereocenters. The number of nitrogens with one attached hydrogen (secondary N) is 3. The normalized spacial score (nSPS) is 18.2. The van der Waals surface area contributed by atoms with E-state index < -0.39 is 42.0 Å². The molecule has 0 saturated carbocycles. The molecule has 0 aliphatic carbocycles. The van der Waals surface area contributed by atoms with Crippen LogP contribution in [0.25, 0.3) is 0 Å². The molecule has 196 valence electrons. The second kappa shape index (κ2) is 13.8. The van der Waals surface area contributed by atoms with Gasteiger partial charge in [-0.25, -0.2) is 9.78 Å². The lowest BCUT2D eigenvalue weighted by Gasteiger charge is -2.29. The van der Waals surface area contributed by atoms with Gasteiger partial charge in [-0.2, -0.15) is 0 Å². The number of hydrogen-bond acceptors (Lipinski definition) is 7. The van der Waals surface area contributed by atoms with E-state index in [1.165, 1.54) is 11.2 Å². The summed E-state index contributed by atoms with van der Waals surface area (Å²) in [6.07, 6.45) is 6.26. The summed E-state index contributed by atoms with van der Waals surface area (Å²) in [5.41, 5.74) is 12.3. The second-order valence-corrected chi connectivity index (χ2v) is 9.45. The Morgan fingerprint density at radius 2 is 1.97 bits per heavy atom. The van der Waals surface area contributed by atoms with Crippen LogP contribution in [-0.4, -0.2) is 80.9 Å². The van der Waals surface area contributed by atoms with Crippen molar-refractivity contribution < 1.29 is 24.3 Å². The first-order valence-electron chi connectivity index (χ1n) is 12.2. The van der Waals surface area contributed by atoms with Gasteiger partial charge in [0.05, 0.1) is 12.4 Å². The van der Waals surface area contributed by atoms with Crippen molar-refractivity contribution in [2.24, 2.45) is 17.4 Å². The Hall–Kier alpha value is -2.99. The highest BCUT2D eigenvalue weighted by atomic mass is 16.4. The Bertz CT molecular complexity index is 845. The van der Waals surface area contributed by atoms with E-state index in [0.29, 0.717) is 45.2 Å². The number of aliphatic carboxylic acids is 1. The van der Waals surface area contributed by atoms with Gasteiger partial charge in [0.25, 0.3) is 0 Å². The first kappa shape index (κ1) is 28.2. The number of amides is 3. The van der Waals surface area contributed by atoms with Crippen LogP contribution in [0.4, 0.5) is 0 Å². The maximum atomic E-state index is 13.2. The molecule has 12 nitrogen and oxygen atoms in total. The van der Waals surface area contributed by atoms with Crippen molar-refractivity contribution >= 4 is 23.7 Å². The molecule has 1 aromatic rings. The molecule has 12 heteroatoms. The summed E-state index contributed by atoms with van der Waals surface area (Å²) >= 11 is 0. The lowest BCUT2D eigenvalue weighted by molar-refractivity contribution is -0.143. The molecular formula is C23H39N7O5. The number of unbranched alkanes of at least 4 members (excludes halogenated alkanes) is 1. The quantitative estimate of drug-likeness (QED) is 0.186. The Morgan fingerprint density at radius 3 is 2.57 bits per heavy atom. The number of nitrogens with zero attached hydrogens (tertiary/aromatic N) is 2. The second-order valence-electron chi connectivity index (χ2n) is 9.45. The Labute approximate surface area is 205 Å². The van der Waals surface area contributed by atoms with E-state index in [9.17, 15) is 24.3 Å². The van der Waals surface area contributed by atoms with Crippen molar-refractivity contribution in [3.05, 3.63) is 18.2 Å². The Morgan fingerprint density at radius 1 is 1.23 bits per heavy atom. The van der Waals surface area contributed by atoms with E-state index in [1.54, 1.807) is 6.20 Å². The highest BCUT2D eigenvalue weighted by Crippen LogP contribution is 2.20. The predicted molar refractivity (Wildman–Crippen MR) is 129 cm³/mol. The monoisotopic (exact) mass is 493 g/mol. The van der Waals surface area contributed by atoms with Gasteiger partial charge >= 0.3 is 5.97 Å². The van der Waals surface area contributed by atoms with Gasteiger partial charge in [0.2, 0.25) is 17.7 Å². The van der Waals surface area contributed by atoms with Crippen LogP contribution >= 0.6 is 0 Å². The van der Waals surface area contributed by atoms with Crippen LogP contribution in [0, 0.1) is 5.92 Å². The largest absolute Gasteiger partial charge is 0.480 e. The van der Waals surface area contributed by atoms with Crippen molar-refractivity contribution in [1.82, 2.24) is 25.5 Å². The zero-order valence-corrected chi connectivity index (χ0v) is 20.5. The molecule has 2 rings (SSSR count). The number of aromatic nitrogens is 2. The number of H-pyrrole nitrogens is 1. The van der Waals surface area contributed by atoms with E-state index in [-0.39, 0.29) is 24.7 Å². The molecular weight excluding hydrogens is 454 g/mol. The third kappa shape index (κ3) is 8.62. The van der Waals surface area contributed by atoms with Gasteiger partial charge < -0.3 is 37.1 Å². The topological polar surface area (TPSA) is 197 Å². The first-order valence-corrected chi connectivity index (χ1v) is 12.2.